The molecule has 3 amide bonds. The van der Waals surface area contributed by atoms with Gasteiger partial charge in [0.2, 0.25) is 5.91 Å². The predicted octanol–water partition coefficient (Wildman–Crippen LogP) is 3.53. The largest absolute Gasteiger partial charge is 0.338 e. The smallest absolute Gasteiger partial charge is 0.321 e. The highest BCUT2D eigenvalue weighted by molar-refractivity contribution is 7.99. The maximum absolute atomic E-state index is 14.4. The van der Waals surface area contributed by atoms with Gasteiger partial charge in [0.1, 0.15) is 5.82 Å². The molecule has 0 radical (unpaired) electrons. The molecule has 0 unspecified atom stereocenters. The summed E-state index contributed by atoms with van der Waals surface area (Å²) in [7, 11) is 0. The van der Waals surface area contributed by atoms with E-state index in [-0.39, 0.29) is 17.6 Å². The van der Waals surface area contributed by atoms with E-state index >= 15 is 0 Å². The lowest BCUT2D eigenvalue weighted by Gasteiger charge is -2.25. The Balaban J connectivity index is 1.82. The maximum atomic E-state index is 14.4. The van der Waals surface area contributed by atoms with Gasteiger partial charge >= 0.3 is 6.03 Å². The predicted molar refractivity (Wildman–Crippen MR) is 105 cm³/mol. The number of halogens is 1. The topological polar surface area (TPSA) is 88.9 Å². The molecule has 0 atom stereocenters. The van der Waals surface area contributed by atoms with Gasteiger partial charge in [-0.3, -0.25) is 14.7 Å². The van der Waals surface area contributed by atoms with Crippen molar-refractivity contribution >= 4 is 23.7 Å². The molecule has 0 bridgehead atoms. The van der Waals surface area contributed by atoms with E-state index in [9.17, 15) is 14.0 Å². The molecular formula is C19H24FN5O2S. The van der Waals surface area contributed by atoms with Crippen LogP contribution in [0.15, 0.2) is 29.4 Å². The van der Waals surface area contributed by atoms with Gasteiger partial charge in [0.25, 0.3) is 0 Å². The highest BCUT2D eigenvalue weighted by Gasteiger charge is 2.25. The van der Waals surface area contributed by atoms with E-state index in [1.54, 1.807) is 25.1 Å². The number of nitrogens with zero attached hydrogens (tertiary/aromatic N) is 3. The summed E-state index contributed by atoms with van der Waals surface area (Å²) in [6.45, 7) is 2.21. The van der Waals surface area contributed by atoms with E-state index in [1.807, 2.05) is 4.57 Å². The first-order chi connectivity index (χ1) is 13.6. The van der Waals surface area contributed by atoms with Crippen molar-refractivity contribution in [1.82, 2.24) is 25.4 Å². The Morgan fingerprint density at radius 2 is 1.96 bits per heavy atom. The van der Waals surface area contributed by atoms with Gasteiger partial charge in [-0.25, -0.2) is 9.18 Å². The average molecular weight is 405 g/mol. The van der Waals surface area contributed by atoms with Gasteiger partial charge in [-0.1, -0.05) is 43.2 Å². The quantitative estimate of drug-likeness (QED) is 0.718. The van der Waals surface area contributed by atoms with Gasteiger partial charge in [-0.15, -0.1) is 10.2 Å². The first-order valence-corrected chi connectivity index (χ1v) is 10.5. The van der Waals surface area contributed by atoms with Crippen LogP contribution in [0.25, 0.3) is 11.4 Å². The van der Waals surface area contributed by atoms with Crippen LogP contribution in [0.5, 0.6) is 0 Å². The van der Waals surface area contributed by atoms with Crippen LogP contribution in [0.1, 0.15) is 45.1 Å². The van der Waals surface area contributed by atoms with Crippen molar-refractivity contribution < 1.29 is 14.0 Å². The number of imide groups is 1. The van der Waals surface area contributed by atoms with Gasteiger partial charge in [-0.2, -0.15) is 0 Å². The number of urea groups is 1. The first kappa shape index (κ1) is 20.3. The molecule has 1 aromatic carbocycles. The van der Waals surface area contributed by atoms with E-state index in [0.717, 1.165) is 25.7 Å². The summed E-state index contributed by atoms with van der Waals surface area (Å²) in [4.78, 5) is 23.5. The molecule has 28 heavy (non-hydrogen) atoms. The van der Waals surface area contributed by atoms with Crippen molar-refractivity contribution in [2.24, 2.45) is 0 Å². The van der Waals surface area contributed by atoms with Gasteiger partial charge in [0, 0.05) is 12.6 Å². The van der Waals surface area contributed by atoms with E-state index in [2.05, 4.69) is 20.8 Å². The maximum Gasteiger partial charge on any atom is 0.321 e. The second kappa shape index (κ2) is 9.68. The monoisotopic (exact) mass is 405 g/mol. The van der Waals surface area contributed by atoms with Crippen LogP contribution < -0.4 is 10.6 Å². The molecule has 1 saturated carbocycles. The number of hydrogen-bond donors (Lipinski definition) is 2. The van der Waals surface area contributed by atoms with Crippen molar-refractivity contribution in [3.05, 3.63) is 30.1 Å². The zero-order valence-corrected chi connectivity index (χ0v) is 16.6. The standard InChI is InChI=1S/C19H24FN5O2S/c1-2-21-18(27)22-16(26)12-28-19-24-23-17(14-10-6-7-11-15(14)20)25(19)13-8-4-3-5-9-13/h6-7,10-11,13H,2-5,8-9,12H2,1H3,(H2,21,22,26,27). The Kier molecular flexibility index (Phi) is 7.02. The van der Waals surface area contributed by atoms with Gasteiger partial charge in [-0.05, 0) is 31.9 Å². The minimum absolute atomic E-state index is 0.0270. The number of benzene rings is 1. The Labute approximate surface area is 167 Å². The number of carbonyl (C=O) groups is 2. The summed E-state index contributed by atoms with van der Waals surface area (Å²) in [6, 6.07) is 6.16. The first-order valence-electron chi connectivity index (χ1n) is 9.50. The van der Waals surface area contributed by atoms with Gasteiger partial charge in [0.15, 0.2) is 11.0 Å². The molecule has 1 heterocycles. The second-order valence-electron chi connectivity index (χ2n) is 6.64. The Hall–Kier alpha value is -2.42. The van der Waals surface area contributed by atoms with Crippen LogP contribution >= 0.6 is 11.8 Å². The molecule has 9 heteroatoms. The lowest BCUT2D eigenvalue weighted by molar-refractivity contribution is -0.117. The average Bonchev–Trinajstić information content (AvgIpc) is 3.11. The number of amides is 3. The molecule has 2 aromatic rings. The molecule has 1 fully saturated rings. The van der Waals surface area contributed by atoms with Gasteiger partial charge < -0.3 is 5.32 Å². The zero-order valence-electron chi connectivity index (χ0n) is 15.8. The number of hydrogen-bond acceptors (Lipinski definition) is 5. The Bertz CT molecular complexity index is 835. The second-order valence-corrected chi connectivity index (χ2v) is 7.59. The number of nitrogens with one attached hydrogen (secondary N) is 2. The third-order valence-corrected chi connectivity index (χ3v) is 5.58. The third kappa shape index (κ3) is 4.89. The SMILES string of the molecule is CCNC(=O)NC(=O)CSc1nnc(-c2ccccc2F)n1C1CCCCC1. The summed E-state index contributed by atoms with van der Waals surface area (Å²) in [5.74, 6) is -0.255. The van der Waals surface area contributed by atoms with Crippen molar-refractivity contribution in [1.29, 1.82) is 0 Å². The lowest BCUT2D eigenvalue weighted by Crippen LogP contribution is -2.40. The van der Waals surface area contributed by atoms with Crippen LogP contribution in [0.3, 0.4) is 0 Å². The summed E-state index contributed by atoms with van der Waals surface area (Å²) >= 11 is 1.21. The van der Waals surface area contributed by atoms with Crippen molar-refractivity contribution in [2.45, 2.75) is 50.2 Å². The number of carbonyl (C=O) groups excluding carboxylic acids is 2. The van der Waals surface area contributed by atoms with Crippen LogP contribution in [0.4, 0.5) is 9.18 Å². The highest BCUT2D eigenvalue weighted by atomic mass is 32.2. The summed E-state index contributed by atoms with van der Waals surface area (Å²) in [5.41, 5.74) is 0.402. The molecule has 0 aliphatic heterocycles. The van der Waals surface area contributed by atoms with Crippen LogP contribution in [-0.2, 0) is 4.79 Å². The third-order valence-electron chi connectivity index (χ3n) is 4.64. The number of aromatic nitrogens is 3. The number of thioether (sulfide) groups is 1. The highest BCUT2D eigenvalue weighted by Crippen LogP contribution is 2.36. The normalized spacial score (nSPS) is 14.6. The summed E-state index contributed by atoms with van der Waals surface area (Å²) < 4.78 is 16.3. The molecule has 0 spiro atoms. The van der Waals surface area contributed by atoms with E-state index in [1.165, 1.54) is 24.2 Å². The van der Waals surface area contributed by atoms with E-state index in [0.29, 0.717) is 23.1 Å². The zero-order chi connectivity index (χ0) is 19.9. The minimum atomic E-state index is -0.520. The summed E-state index contributed by atoms with van der Waals surface area (Å²) in [6.07, 6.45) is 5.32. The van der Waals surface area contributed by atoms with Crippen LogP contribution in [0.2, 0.25) is 0 Å². The molecule has 1 aliphatic rings. The number of rotatable bonds is 6. The fourth-order valence-electron chi connectivity index (χ4n) is 3.37. The van der Waals surface area contributed by atoms with E-state index in [4.69, 9.17) is 0 Å². The van der Waals surface area contributed by atoms with Crippen LogP contribution in [0, 0.1) is 5.82 Å². The lowest BCUT2D eigenvalue weighted by atomic mass is 9.95. The fraction of sp³-hybridized carbons (Fsp3) is 0.474. The van der Waals surface area contributed by atoms with E-state index < -0.39 is 11.9 Å². The van der Waals surface area contributed by atoms with Gasteiger partial charge in [0.05, 0.1) is 11.3 Å². The molecule has 2 N–H and O–H groups in total. The Morgan fingerprint density at radius 1 is 1.21 bits per heavy atom. The molecule has 3 rings (SSSR count). The molecular weight excluding hydrogens is 381 g/mol. The fourth-order valence-corrected chi connectivity index (χ4v) is 4.17. The summed E-state index contributed by atoms with van der Waals surface area (Å²) in [5, 5.41) is 13.8. The Morgan fingerprint density at radius 3 is 2.68 bits per heavy atom. The van der Waals surface area contributed by atoms with Crippen LogP contribution in [-0.4, -0.2) is 39.0 Å². The van der Waals surface area contributed by atoms with Crippen molar-refractivity contribution in [3.63, 3.8) is 0 Å². The molecule has 1 aromatic heterocycles. The van der Waals surface area contributed by atoms with Crippen molar-refractivity contribution in [3.8, 4) is 11.4 Å². The molecule has 7 nitrogen and oxygen atoms in total. The van der Waals surface area contributed by atoms with Crippen molar-refractivity contribution in [2.75, 3.05) is 12.3 Å². The molecule has 0 saturated heterocycles. The molecule has 150 valence electrons. The molecule has 1 aliphatic carbocycles. The minimum Gasteiger partial charge on any atom is -0.338 e.